The highest BCUT2D eigenvalue weighted by Gasteiger charge is 2.41. The Morgan fingerprint density at radius 2 is 1.57 bits per heavy atom. The van der Waals surface area contributed by atoms with Crippen LogP contribution in [0.4, 0.5) is 5.69 Å². The number of phenols is 1. The van der Waals surface area contributed by atoms with Crippen LogP contribution in [0, 0.1) is 5.41 Å². The van der Waals surface area contributed by atoms with Crippen molar-refractivity contribution in [2.45, 2.75) is 75.9 Å². The lowest BCUT2D eigenvalue weighted by Crippen LogP contribution is -2.51. The van der Waals surface area contributed by atoms with Gasteiger partial charge in [0.1, 0.15) is 5.75 Å². The summed E-state index contributed by atoms with van der Waals surface area (Å²) in [6, 6.07) is 20.2. The smallest absolute Gasteiger partial charge is 0.256 e. The van der Waals surface area contributed by atoms with Crippen LogP contribution in [0.25, 0.3) is 0 Å². The first-order chi connectivity index (χ1) is 26.0. The Morgan fingerprint density at radius 1 is 0.907 bits per heavy atom. The second-order valence-electron chi connectivity index (χ2n) is 15.0. The third kappa shape index (κ3) is 9.26. The summed E-state index contributed by atoms with van der Waals surface area (Å²) in [5, 5.41) is 15.6. The number of nitrogens with one attached hydrogen (secondary N) is 2. The average molecular weight is 737 g/mol. The number of para-hydroxylation sites is 1. The second-order valence-corrected chi connectivity index (χ2v) is 15.0. The van der Waals surface area contributed by atoms with Gasteiger partial charge in [0, 0.05) is 56.8 Å². The van der Waals surface area contributed by atoms with Crippen molar-refractivity contribution in [1.29, 1.82) is 0 Å². The van der Waals surface area contributed by atoms with Gasteiger partial charge in [-0.2, -0.15) is 0 Å². The van der Waals surface area contributed by atoms with E-state index in [1.807, 2.05) is 47.4 Å². The predicted molar refractivity (Wildman–Crippen MR) is 208 cm³/mol. The third-order valence-electron chi connectivity index (χ3n) is 11.2. The normalized spacial score (nSPS) is 19.0. The summed E-state index contributed by atoms with van der Waals surface area (Å²) in [6.45, 7) is 2.64. The Hall–Kier alpha value is -5.27. The predicted octanol–water partition coefficient (Wildman–Crippen LogP) is 3.21. The number of amides is 3. The van der Waals surface area contributed by atoms with E-state index in [9.17, 15) is 24.3 Å². The lowest BCUT2D eigenvalue weighted by Gasteiger charge is -2.41. The third-order valence-corrected chi connectivity index (χ3v) is 11.2. The van der Waals surface area contributed by atoms with E-state index >= 15 is 0 Å². The van der Waals surface area contributed by atoms with Crippen LogP contribution < -0.4 is 27.8 Å². The molecular formula is C41H52N8O5. The first-order valence-corrected chi connectivity index (χ1v) is 18.9. The summed E-state index contributed by atoms with van der Waals surface area (Å²) in [6.07, 6.45) is 4.86. The highest BCUT2D eigenvalue weighted by atomic mass is 16.3. The van der Waals surface area contributed by atoms with Crippen molar-refractivity contribution in [2.75, 3.05) is 38.0 Å². The summed E-state index contributed by atoms with van der Waals surface area (Å²) in [5.41, 5.74) is 21.0. The molecule has 1 saturated heterocycles. The van der Waals surface area contributed by atoms with Gasteiger partial charge in [-0.1, -0.05) is 61.4 Å². The van der Waals surface area contributed by atoms with Crippen LogP contribution in [0.1, 0.15) is 84.5 Å². The maximum Gasteiger partial charge on any atom is 0.256 e. The Labute approximate surface area is 316 Å². The molecule has 9 N–H and O–H groups in total. The SMILES string of the molecule is NC(N)=NCCCC(NC(=O)C(N)Cc1ccc(O)cc1)C(=O)CC1(CC(=O)N2CCN(C3c4ccccc4NC(=O)c4ccccc43)CC2)CCCC1. The molecule has 13 heteroatoms. The average Bonchev–Trinajstić information content (AvgIpc) is 3.57. The van der Waals surface area contributed by atoms with Gasteiger partial charge in [-0.3, -0.25) is 29.1 Å². The number of rotatable bonds is 14. The van der Waals surface area contributed by atoms with Crippen LogP contribution in [0.2, 0.25) is 0 Å². The first kappa shape index (κ1) is 38.5. The molecule has 13 nitrogen and oxygen atoms in total. The number of hydrogen-bond donors (Lipinski definition) is 6. The number of aromatic hydroxyl groups is 1. The van der Waals surface area contributed by atoms with Gasteiger partial charge in [0.05, 0.1) is 18.1 Å². The molecule has 3 aromatic carbocycles. The maximum absolute atomic E-state index is 14.1. The first-order valence-electron chi connectivity index (χ1n) is 18.9. The molecule has 54 heavy (non-hydrogen) atoms. The number of ketones is 1. The van der Waals surface area contributed by atoms with Gasteiger partial charge >= 0.3 is 0 Å². The van der Waals surface area contributed by atoms with Gasteiger partial charge in [0.15, 0.2) is 11.7 Å². The van der Waals surface area contributed by atoms with Crippen LogP contribution in [-0.4, -0.2) is 89.2 Å². The van der Waals surface area contributed by atoms with Crippen molar-refractivity contribution in [3.05, 3.63) is 95.1 Å². The molecule has 6 rings (SSSR count). The number of Topliss-reactive ketones (excluding diaryl/α,β-unsaturated/α-hetero) is 1. The molecule has 0 aromatic heterocycles. The van der Waals surface area contributed by atoms with Gasteiger partial charge < -0.3 is 37.8 Å². The molecule has 2 fully saturated rings. The summed E-state index contributed by atoms with van der Waals surface area (Å²) < 4.78 is 0. The van der Waals surface area contributed by atoms with Crippen molar-refractivity contribution < 1.29 is 24.3 Å². The maximum atomic E-state index is 14.1. The minimum Gasteiger partial charge on any atom is -0.508 e. The number of aliphatic imine (C=N–C) groups is 1. The van der Waals surface area contributed by atoms with Gasteiger partial charge in [-0.05, 0) is 78.5 Å². The van der Waals surface area contributed by atoms with Crippen molar-refractivity contribution >= 4 is 35.2 Å². The van der Waals surface area contributed by atoms with E-state index in [4.69, 9.17) is 17.2 Å². The number of nitrogens with two attached hydrogens (primary N) is 3. The summed E-state index contributed by atoms with van der Waals surface area (Å²) >= 11 is 0. The Bertz CT molecular complexity index is 1850. The topological polar surface area (TPSA) is 209 Å². The standard InChI is InChI=1S/C41H52N8O5/c42-32(24-27-13-15-28(50)16-14-27)39(54)47-34(12-7-19-45-40(43)44)35(51)25-41(17-5-6-18-41)26-36(52)48-20-22-49(23-21-48)37-29-8-1-2-9-30(29)38(53)46-33-11-4-3-10-31(33)37/h1-4,8-11,13-16,32,34,37,50H,5-7,12,17-26,42H2,(H,46,53)(H,47,54)(H4,43,44,45). The van der Waals surface area contributed by atoms with E-state index < -0.39 is 23.4 Å². The fourth-order valence-electron chi connectivity index (χ4n) is 8.31. The van der Waals surface area contributed by atoms with Crippen molar-refractivity contribution in [2.24, 2.45) is 27.6 Å². The lowest BCUT2D eigenvalue weighted by molar-refractivity contribution is -0.137. The Balaban J connectivity index is 1.11. The molecule has 1 saturated carbocycles. The molecule has 0 spiro atoms. The summed E-state index contributed by atoms with van der Waals surface area (Å²) in [4.78, 5) is 62.8. The van der Waals surface area contributed by atoms with E-state index in [1.165, 1.54) is 12.1 Å². The molecule has 0 radical (unpaired) electrons. The van der Waals surface area contributed by atoms with Crippen molar-refractivity contribution in [3.8, 4) is 5.75 Å². The van der Waals surface area contributed by atoms with E-state index in [0.29, 0.717) is 51.1 Å². The molecule has 0 bridgehead atoms. The highest BCUT2D eigenvalue weighted by Crippen LogP contribution is 2.45. The fraction of sp³-hybridized carbons (Fsp3) is 0.439. The molecule has 1 aliphatic carbocycles. The number of nitrogens with zero attached hydrogens (tertiary/aromatic N) is 3. The van der Waals surface area contributed by atoms with Gasteiger partial charge in [-0.25, -0.2) is 0 Å². The molecule has 3 unspecified atom stereocenters. The van der Waals surface area contributed by atoms with Gasteiger partial charge in [0.2, 0.25) is 11.8 Å². The Kier molecular flexibility index (Phi) is 12.3. The number of carbonyl (C=O) groups is 4. The van der Waals surface area contributed by atoms with E-state index in [1.54, 1.807) is 12.1 Å². The number of anilines is 1. The number of guanidine groups is 1. The lowest BCUT2D eigenvalue weighted by atomic mass is 9.76. The number of benzene rings is 3. The van der Waals surface area contributed by atoms with Gasteiger partial charge in [-0.15, -0.1) is 0 Å². The number of phenolic OH excluding ortho intramolecular Hbond substituents is 1. The van der Waals surface area contributed by atoms with Crippen LogP contribution >= 0.6 is 0 Å². The van der Waals surface area contributed by atoms with E-state index in [2.05, 4.69) is 26.6 Å². The monoisotopic (exact) mass is 736 g/mol. The van der Waals surface area contributed by atoms with Crippen LogP contribution in [-0.2, 0) is 20.8 Å². The second kappa shape index (κ2) is 17.3. The quantitative estimate of drug-likeness (QED) is 0.0815. The van der Waals surface area contributed by atoms with Crippen LogP contribution in [0.15, 0.2) is 77.8 Å². The van der Waals surface area contributed by atoms with E-state index in [-0.39, 0.29) is 54.6 Å². The molecule has 3 amide bonds. The Morgan fingerprint density at radius 3 is 2.28 bits per heavy atom. The molecule has 3 atom stereocenters. The molecule has 2 aliphatic heterocycles. The number of carbonyl (C=O) groups excluding carboxylic acids is 4. The molecule has 2 heterocycles. The van der Waals surface area contributed by atoms with Crippen molar-refractivity contribution in [3.63, 3.8) is 0 Å². The van der Waals surface area contributed by atoms with Crippen molar-refractivity contribution in [1.82, 2.24) is 15.1 Å². The van der Waals surface area contributed by atoms with Crippen LogP contribution in [0.5, 0.6) is 5.75 Å². The zero-order valence-electron chi connectivity index (χ0n) is 30.7. The summed E-state index contributed by atoms with van der Waals surface area (Å²) in [5.74, 6) is -0.591. The fourth-order valence-corrected chi connectivity index (χ4v) is 8.31. The van der Waals surface area contributed by atoms with Gasteiger partial charge in [0.25, 0.3) is 5.91 Å². The van der Waals surface area contributed by atoms with E-state index in [0.717, 1.165) is 48.1 Å². The minimum absolute atomic E-state index is 0.0344. The number of hydrogen-bond acceptors (Lipinski definition) is 8. The molecule has 286 valence electrons. The molecule has 3 aliphatic rings. The number of fused-ring (bicyclic) bond motifs is 2. The highest BCUT2D eigenvalue weighted by molar-refractivity contribution is 6.07. The molecule has 3 aromatic rings. The number of piperazine rings is 1. The molecular weight excluding hydrogens is 685 g/mol. The van der Waals surface area contributed by atoms with Crippen LogP contribution in [0.3, 0.4) is 0 Å². The summed E-state index contributed by atoms with van der Waals surface area (Å²) in [7, 11) is 0. The zero-order valence-corrected chi connectivity index (χ0v) is 30.7. The largest absolute Gasteiger partial charge is 0.508 e. The zero-order chi connectivity index (χ0) is 38.2. The minimum atomic E-state index is -0.903.